The molecule has 2 nitrogen and oxygen atoms in total. The second-order valence-electron chi connectivity index (χ2n) is 5.31. The highest BCUT2D eigenvalue weighted by molar-refractivity contribution is 5.36. The highest BCUT2D eigenvalue weighted by Gasteiger charge is 2.36. The standard InChI is InChI=1S/C14H20FNO/c1-9-7-10(2)13(12(15)8-9)14(17)5-3-11(16)4-6-14/h7-8,11,17H,3-6,16H2,1-2H3. The number of nitrogens with two attached hydrogens (primary N) is 1. The molecule has 1 saturated carbocycles. The Bertz CT molecular complexity index is 399. The van der Waals surface area contributed by atoms with Crippen molar-refractivity contribution in [1.29, 1.82) is 0 Å². The van der Waals surface area contributed by atoms with Crippen molar-refractivity contribution in [2.45, 2.75) is 51.2 Å². The van der Waals surface area contributed by atoms with Crippen molar-refractivity contribution in [3.63, 3.8) is 0 Å². The van der Waals surface area contributed by atoms with Crippen molar-refractivity contribution >= 4 is 0 Å². The molecular formula is C14H20FNO. The zero-order valence-corrected chi connectivity index (χ0v) is 10.5. The van der Waals surface area contributed by atoms with Crippen molar-refractivity contribution in [3.8, 4) is 0 Å². The summed E-state index contributed by atoms with van der Waals surface area (Å²) in [6.07, 6.45) is 2.61. The van der Waals surface area contributed by atoms with Crippen molar-refractivity contribution in [1.82, 2.24) is 0 Å². The maximum absolute atomic E-state index is 14.0. The molecule has 1 aromatic rings. The van der Waals surface area contributed by atoms with Gasteiger partial charge in [0.1, 0.15) is 5.82 Å². The van der Waals surface area contributed by atoms with Crippen molar-refractivity contribution < 1.29 is 9.50 Å². The smallest absolute Gasteiger partial charge is 0.129 e. The topological polar surface area (TPSA) is 46.2 Å². The van der Waals surface area contributed by atoms with E-state index in [4.69, 9.17) is 5.73 Å². The molecule has 0 spiro atoms. The summed E-state index contributed by atoms with van der Waals surface area (Å²) >= 11 is 0. The number of aliphatic hydroxyl groups is 1. The van der Waals surface area contributed by atoms with Gasteiger partial charge >= 0.3 is 0 Å². The molecule has 17 heavy (non-hydrogen) atoms. The van der Waals surface area contributed by atoms with E-state index >= 15 is 0 Å². The minimum absolute atomic E-state index is 0.143. The first-order chi connectivity index (χ1) is 7.92. The van der Waals surface area contributed by atoms with E-state index in [1.54, 1.807) is 0 Å². The van der Waals surface area contributed by atoms with Gasteiger partial charge in [-0.05, 0) is 56.7 Å². The zero-order valence-electron chi connectivity index (χ0n) is 10.5. The molecule has 2 rings (SSSR count). The van der Waals surface area contributed by atoms with E-state index < -0.39 is 5.60 Å². The van der Waals surface area contributed by atoms with Gasteiger partial charge < -0.3 is 10.8 Å². The van der Waals surface area contributed by atoms with Gasteiger partial charge in [0.15, 0.2) is 0 Å². The van der Waals surface area contributed by atoms with Gasteiger partial charge in [-0.1, -0.05) is 6.07 Å². The molecule has 3 heteroatoms. The van der Waals surface area contributed by atoms with Gasteiger partial charge in [-0.3, -0.25) is 0 Å². The Morgan fingerprint density at radius 1 is 1.29 bits per heavy atom. The Labute approximate surface area is 102 Å². The average Bonchev–Trinajstić information content (AvgIpc) is 2.21. The van der Waals surface area contributed by atoms with E-state index in [2.05, 4.69) is 0 Å². The van der Waals surface area contributed by atoms with Gasteiger partial charge in [0, 0.05) is 11.6 Å². The molecule has 1 fully saturated rings. The van der Waals surface area contributed by atoms with Gasteiger partial charge in [-0.15, -0.1) is 0 Å². The monoisotopic (exact) mass is 237 g/mol. The first-order valence-electron chi connectivity index (χ1n) is 6.17. The summed E-state index contributed by atoms with van der Waals surface area (Å²) in [4.78, 5) is 0. The fourth-order valence-corrected chi connectivity index (χ4v) is 2.87. The highest BCUT2D eigenvalue weighted by atomic mass is 19.1. The van der Waals surface area contributed by atoms with Crippen LogP contribution in [0.4, 0.5) is 4.39 Å². The number of benzene rings is 1. The third-order valence-corrected chi connectivity index (χ3v) is 3.75. The summed E-state index contributed by atoms with van der Waals surface area (Å²) in [5.74, 6) is -0.291. The van der Waals surface area contributed by atoms with Crippen LogP contribution in [-0.4, -0.2) is 11.1 Å². The van der Waals surface area contributed by atoms with E-state index in [0.29, 0.717) is 18.4 Å². The van der Waals surface area contributed by atoms with Crippen LogP contribution >= 0.6 is 0 Å². The first kappa shape index (κ1) is 12.5. The van der Waals surface area contributed by atoms with Crippen LogP contribution in [0.1, 0.15) is 42.4 Å². The zero-order chi connectivity index (χ0) is 12.6. The predicted molar refractivity (Wildman–Crippen MR) is 66.2 cm³/mol. The summed E-state index contributed by atoms with van der Waals surface area (Å²) in [6.45, 7) is 3.72. The van der Waals surface area contributed by atoms with Crippen LogP contribution in [0, 0.1) is 19.7 Å². The van der Waals surface area contributed by atoms with Gasteiger partial charge in [0.2, 0.25) is 0 Å². The average molecular weight is 237 g/mol. The number of hydrogen-bond donors (Lipinski definition) is 2. The van der Waals surface area contributed by atoms with Gasteiger partial charge in [-0.2, -0.15) is 0 Å². The number of rotatable bonds is 1. The molecule has 0 aromatic heterocycles. The lowest BCUT2D eigenvalue weighted by Crippen LogP contribution is -2.38. The quantitative estimate of drug-likeness (QED) is 0.788. The van der Waals surface area contributed by atoms with E-state index in [-0.39, 0.29) is 11.9 Å². The van der Waals surface area contributed by atoms with Crippen molar-refractivity contribution in [2.24, 2.45) is 5.73 Å². The Hall–Kier alpha value is -0.930. The molecule has 0 radical (unpaired) electrons. The molecule has 1 aliphatic carbocycles. The first-order valence-corrected chi connectivity index (χ1v) is 6.17. The molecule has 0 amide bonds. The fourth-order valence-electron chi connectivity index (χ4n) is 2.87. The van der Waals surface area contributed by atoms with Crippen LogP contribution in [-0.2, 0) is 5.60 Å². The molecule has 0 saturated heterocycles. The third kappa shape index (κ3) is 2.35. The summed E-state index contributed by atoms with van der Waals surface area (Å²) < 4.78 is 14.0. The third-order valence-electron chi connectivity index (χ3n) is 3.75. The number of halogens is 1. The molecule has 0 unspecified atom stereocenters. The molecule has 3 N–H and O–H groups in total. The van der Waals surface area contributed by atoms with Crippen LogP contribution in [0.15, 0.2) is 12.1 Å². The van der Waals surface area contributed by atoms with Crippen molar-refractivity contribution in [2.75, 3.05) is 0 Å². The van der Waals surface area contributed by atoms with Crippen LogP contribution in [0.2, 0.25) is 0 Å². The molecule has 0 bridgehead atoms. The predicted octanol–water partition coefficient (Wildman–Crippen LogP) is 2.53. The lowest BCUT2D eigenvalue weighted by molar-refractivity contribution is -0.00856. The maximum Gasteiger partial charge on any atom is 0.129 e. The van der Waals surface area contributed by atoms with E-state index in [9.17, 15) is 9.50 Å². The minimum atomic E-state index is -1.03. The highest BCUT2D eigenvalue weighted by Crippen LogP contribution is 2.39. The minimum Gasteiger partial charge on any atom is -0.385 e. The largest absolute Gasteiger partial charge is 0.385 e. The second kappa shape index (κ2) is 4.39. The molecule has 0 aliphatic heterocycles. The number of hydrogen-bond acceptors (Lipinski definition) is 2. The van der Waals surface area contributed by atoms with Crippen LogP contribution in [0.3, 0.4) is 0 Å². The molecule has 94 valence electrons. The Morgan fingerprint density at radius 2 is 1.88 bits per heavy atom. The molecule has 1 aliphatic rings. The second-order valence-corrected chi connectivity index (χ2v) is 5.31. The summed E-state index contributed by atoms with van der Waals surface area (Å²) in [7, 11) is 0. The Kier molecular flexibility index (Phi) is 3.23. The summed E-state index contributed by atoms with van der Waals surface area (Å²) in [5, 5.41) is 10.6. The van der Waals surface area contributed by atoms with Gasteiger partial charge in [-0.25, -0.2) is 4.39 Å². The molecule has 0 atom stereocenters. The Balaban J connectivity index is 2.39. The van der Waals surface area contributed by atoms with Gasteiger partial charge in [0.05, 0.1) is 5.60 Å². The van der Waals surface area contributed by atoms with Gasteiger partial charge in [0.25, 0.3) is 0 Å². The van der Waals surface area contributed by atoms with E-state index in [1.807, 2.05) is 19.9 Å². The molecule has 0 heterocycles. The molecular weight excluding hydrogens is 217 g/mol. The van der Waals surface area contributed by atoms with Crippen LogP contribution in [0.25, 0.3) is 0 Å². The maximum atomic E-state index is 14.0. The van der Waals surface area contributed by atoms with Crippen LogP contribution < -0.4 is 5.73 Å². The summed E-state index contributed by atoms with van der Waals surface area (Å²) in [5.41, 5.74) is 6.99. The lowest BCUT2D eigenvalue weighted by atomic mass is 9.76. The molecule has 1 aromatic carbocycles. The van der Waals surface area contributed by atoms with E-state index in [0.717, 1.165) is 24.0 Å². The summed E-state index contributed by atoms with van der Waals surface area (Å²) in [6, 6.07) is 3.56. The lowest BCUT2D eigenvalue weighted by Gasteiger charge is -2.36. The van der Waals surface area contributed by atoms with E-state index in [1.165, 1.54) is 6.07 Å². The van der Waals surface area contributed by atoms with Crippen molar-refractivity contribution in [3.05, 3.63) is 34.6 Å². The SMILES string of the molecule is Cc1cc(C)c(C2(O)CCC(N)CC2)c(F)c1. The number of aryl methyl sites for hydroxylation is 2. The fraction of sp³-hybridized carbons (Fsp3) is 0.571. The van der Waals surface area contributed by atoms with Crippen LogP contribution in [0.5, 0.6) is 0 Å². The Morgan fingerprint density at radius 3 is 2.41 bits per heavy atom. The normalized spacial score (nSPS) is 29.4.